The van der Waals surface area contributed by atoms with Crippen molar-refractivity contribution in [1.29, 1.82) is 0 Å². The molecule has 0 aromatic heterocycles. The fraction of sp³-hybridized carbons (Fsp3) is 0.385. The van der Waals surface area contributed by atoms with E-state index < -0.39 is 0 Å². The zero-order chi connectivity index (χ0) is 11.5. The maximum Gasteiger partial charge on any atom is 0.0544 e. The Bertz CT molecular complexity index is 414. The SMILES string of the molecule is CNC(C1=CCCC1)c1cc(Cl)ccc1I. The molecule has 0 amide bonds. The molecule has 0 radical (unpaired) electrons. The molecule has 0 bridgehead atoms. The first-order valence-corrected chi connectivity index (χ1v) is 6.99. The predicted molar refractivity (Wildman–Crippen MR) is 77.9 cm³/mol. The van der Waals surface area contributed by atoms with E-state index in [2.05, 4.69) is 46.1 Å². The Morgan fingerprint density at radius 2 is 2.25 bits per heavy atom. The highest BCUT2D eigenvalue weighted by Crippen LogP contribution is 2.33. The van der Waals surface area contributed by atoms with E-state index in [9.17, 15) is 0 Å². The molecule has 3 heteroatoms. The molecule has 0 saturated heterocycles. The summed E-state index contributed by atoms with van der Waals surface area (Å²) in [5, 5.41) is 4.21. The van der Waals surface area contributed by atoms with Crippen molar-refractivity contribution >= 4 is 34.2 Å². The van der Waals surface area contributed by atoms with Crippen LogP contribution in [0, 0.1) is 3.57 Å². The van der Waals surface area contributed by atoms with E-state index in [4.69, 9.17) is 11.6 Å². The van der Waals surface area contributed by atoms with Gasteiger partial charge in [-0.2, -0.15) is 0 Å². The summed E-state index contributed by atoms with van der Waals surface area (Å²) >= 11 is 8.45. The Labute approximate surface area is 115 Å². The molecule has 2 rings (SSSR count). The molecule has 1 aromatic rings. The maximum atomic E-state index is 6.07. The van der Waals surface area contributed by atoms with Gasteiger partial charge in [-0.15, -0.1) is 0 Å². The molecule has 1 nitrogen and oxygen atoms in total. The average Bonchev–Trinajstić information content (AvgIpc) is 2.78. The maximum absolute atomic E-state index is 6.07. The Kier molecular flexibility index (Phi) is 4.27. The number of nitrogens with one attached hydrogen (secondary N) is 1. The van der Waals surface area contributed by atoms with Crippen LogP contribution in [-0.2, 0) is 0 Å². The lowest BCUT2D eigenvalue weighted by molar-refractivity contribution is 0.653. The minimum atomic E-state index is 0.327. The number of likely N-dealkylation sites (N-methyl/N-ethyl adjacent to an activating group) is 1. The van der Waals surface area contributed by atoms with Crippen molar-refractivity contribution in [1.82, 2.24) is 5.32 Å². The normalized spacial score (nSPS) is 17.3. The quantitative estimate of drug-likeness (QED) is 0.634. The van der Waals surface area contributed by atoms with Gasteiger partial charge in [0.05, 0.1) is 6.04 Å². The molecule has 1 aliphatic rings. The Hall–Kier alpha value is -0.0600. The Morgan fingerprint density at radius 3 is 2.88 bits per heavy atom. The first-order valence-electron chi connectivity index (χ1n) is 5.53. The lowest BCUT2D eigenvalue weighted by Gasteiger charge is -2.20. The predicted octanol–water partition coefficient (Wildman–Crippen LogP) is 4.32. The second-order valence-electron chi connectivity index (χ2n) is 4.06. The fourth-order valence-corrected chi connectivity index (χ4v) is 3.06. The number of hydrogen-bond donors (Lipinski definition) is 1. The zero-order valence-corrected chi connectivity index (χ0v) is 12.2. The molecule has 1 atom stereocenters. The monoisotopic (exact) mass is 347 g/mol. The molecular formula is C13H15ClIN. The standard InChI is InChI=1S/C13H15ClIN/c1-16-13(9-4-2-3-5-9)11-8-10(14)6-7-12(11)15/h4,6-8,13,16H,2-3,5H2,1H3. The summed E-state index contributed by atoms with van der Waals surface area (Å²) < 4.78 is 1.27. The molecule has 0 aliphatic heterocycles. The van der Waals surface area contributed by atoms with Gasteiger partial charge >= 0.3 is 0 Å². The molecule has 1 aliphatic carbocycles. The van der Waals surface area contributed by atoms with Crippen LogP contribution < -0.4 is 5.32 Å². The van der Waals surface area contributed by atoms with Gasteiger partial charge in [0, 0.05) is 8.59 Å². The molecule has 0 saturated carbocycles. The fourth-order valence-electron chi connectivity index (χ4n) is 2.23. The molecule has 0 heterocycles. The van der Waals surface area contributed by atoms with E-state index in [1.807, 2.05) is 13.1 Å². The summed E-state index contributed by atoms with van der Waals surface area (Å²) in [7, 11) is 2.01. The van der Waals surface area contributed by atoms with Crippen LogP contribution in [0.15, 0.2) is 29.8 Å². The number of allylic oxidation sites excluding steroid dienone is 1. The molecule has 1 unspecified atom stereocenters. The summed E-state index contributed by atoms with van der Waals surface area (Å²) in [5.74, 6) is 0. The minimum Gasteiger partial charge on any atom is -0.310 e. The highest BCUT2D eigenvalue weighted by atomic mass is 127. The van der Waals surface area contributed by atoms with Crippen molar-refractivity contribution in [3.63, 3.8) is 0 Å². The minimum absolute atomic E-state index is 0.327. The average molecular weight is 348 g/mol. The van der Waals surface area contributed by atoms with Gasteiger partial charge in [-0.3, -0.25) is 0 Å². The second kappa shape index (κ2) is 5.52. The molecule has 0 spiro atoms. The van der Waals surface area contributed by atoms with Crippen molar-refractivity contribution in [2.24, 2.45) is 0 Å². The number of benzene rings is 1. The largest absolute Gasteiger partial charge is 0.310 e. The van der Waals surface area contributed by atoms with Gasteiger partial charge < -0.3 is 5.32 Å². The molecule has 86 valence electrons. The molecule has 16 heavy (non-hydrogen) atoms. The first kappa shape index (κ1) is 12.4. The van der Waals surface area contributed by atoms with Crippen LogP contribution in [0.1, 0.15) is 30.9 Å². The second-order valence-corrected chi connectivity index (χ2v) is 5.66. The third-order valence-electron chi connectivity index (χ3n) is 3.00. The third kappa shape index (κ3) is 2.60. The summed E-state index contributed by atoms with van der Waals surface area (Å²) in [4.78, 5) is 0. The lowest BCUT2D eigenvalue weighted by Crippen LogP contribution is -2.19. The van der Waals surface area contributed by atoms with Crippen molar-refractivity contribution in [3.8, 4) is 0 Å². The molecule has 1 N–H and O–H groups in total. The van der Waals surface area contributed by atoms with Crippen LogP contribution >= 0.6 is 34.2 Å². The van der Waals surface area contributed by atoms with Crippen LogP contribution in [0.4, 0.5) is 0 Å². The van der Waals surface area contributed by atoms with E-state index in [1.54, 1.807) is 0 Å². The van der Waals surface area contributed by atoms with E-state index in [0.29, 0.717) is 6.04 Å². The Balaban J connectivity index is 2.35. The van der Waals surface area contributed by atoms with Crippen molar-refractivity contribution in [3.05, 3.63) is 44.0 Å². The van der Waals surface area contributed by atoms with Crippen LogP contribution in [0.2, 0.25) is 5.02 Å². The van der Waals surface area contributed by atoms with Gasteiger partial charge in [-0.1, -0.05) is 23.3 Å². The smallest absolute Gasteiger partial charge is 0.0544 e. The van der Waals surface area contributed by atoms with Gasteiger partial charge in [0.25, 0.3) is 0 Å². The summed E-state index contributed by atoms with van der Waals surface area (Å²) in [6.45, 7) is 0. The van der Waals surface area contributed by atoms with Gasteiger partial charge in [0.15, 0.2) is 0 Å². The van der Waals surface area contributed by atoms with E-state index >= 15 is 0 Å². The van der Waals surface area contributed by atoms with Crippen LogP contribution in [-0.4, -0.2) is 7.05 Å². The molecule has 1 aromatic carbocycles. The first-order chi connectivity index (χ1) is 7.72. The lowest BCUT2D eigenvalue weighted by atomic mass is 9.98. The number of halogens is 2. The van der Waals surface area contributed by atoms with E-state index in [1.165, 1.54) is 34.0 Å². The summed E-state index contributed by atoms with van der Waals surface area (Å²) in [6.07, 6.45) is 6.06. The van der Waals surface area contributed by atoms with Crippen LogP contribution in [0.25, 0.3) is 0 Å². The third-order valence-corrected chi connectivity index (χ3v) is 4.22. The molecule has 0 fully saturated rings. The summed E-state index contributed by atoms with van der Waals surface area (Å²) in [5.41, 5.74) is 2.80. The topological polar surface area (TPSA) is 12.0 Å². The van der Waals surface area contributed by atoms with Crippen LogP contribution in [0.3, 0.4) is 0 Å². The molecular weight excluding hydrogens is 333 g/mol. The Morgan fingerprint density at radius 1 is 1.44 bits per heavy atom. The number of hydrogen-bond acceptors (Lipinski definition) is 1. The van der Waals surface area contributed by atoms with Crippen molar-refractivity contribution in [2.45, 2.75) is 25.3 Å². The van der Waals surface area contributed by atoms with Gasteiger partial charge in [0.1, 0.15) is 0 Å². The number of rotatable bonds is 3. The van der Waals surface area contributed by atoms with Crippen molar-refractivity contribution in [2.75, 3.05) is 7.05 Å². The van der Waals surface area contributed by atoms with Crippen LogP contribution in [0.5, 0.6) is 0 Å². The van der Waals surface area contributed by atoms with E-state index in [0.717, 1.165) is 5.02 Å². The summed E-state index contributed by atoms with van der Waals surface area (Å²) in [6, 6.07) is 6.43. The highest BCUT2D eigenvalue weighted by molar-refractivity contribution is 14.1. The van der Waals surface area contributed by atoms with Crippen molar-refractivity contribution < 1.29 is 0 Å². The van der Waals surface area contributed by atoms with E-state index in [-0.39, 0.29) is 0 Å². The zero-order valence-electron chi connectivity index (χ0n) is 9.26. The van der Waals surface area contributed by atoms with Gasteiger partial charge in [-0.25, -0.2) is 0 Å². The van der Waals surface area contributed by atoms with Gasteiger partial charge in [0.2, 0.25) is 0 Å². The highest BCUT2D eigenvalue weighted by Gasteiger charge is 2.19. The van der Waals surface area contributed by atoms with Gasteiger partial charge in [-0.05, 0) is 72.7 Å².